The number of aryl methyl sites for hydroxylation is 1. The van der Waals surface area contributed by atoms with Crippen LogP contribution in [0.1, 0.15) is 67.9 Å². The van der Waals surface area contributed by atoms with Crippen molar-refractivity contribution in [3.8, 4) is 0 Å². The third-order valence-electron chi connectivity index (χ3n) is 5.53. The van der Waals surface area contributed by atoms with Crippen molar-refractivity contribution in [2.45, 2.75) is 77.2 Å². The number of hydrogen-bond donors (Lipinski definition) is 0. The Balaban J connectivity index is 1.74. The van der Waals surface area contributed by atoms with Crippen molar-refractivity contribution in [2.75, 3.05) is 0 Å². The van der Waals surface area contributed by atoms with Gasteiger partial charge in [-0.1, -0.05) is 6.07 Å². The van der Waals surface area contributed by atoms with Crippen LogP contribution in [0.25, 0.3) is 0 Å². The van der Waals surface area contributed by atoms with Crippen molar-refractivity contribution >= 4 is 11.9 Å². The Hall–Kier alpha value is -2.05. The van der Waals surface area contributed by atoms with E-state index in [-0.39, 0.29) is 29.9 Å². The molecule has 4 nitrogen and oxygen atoms in total. The van der Waals surface area contributed by atoms with Crippen LogP contribution in [0.2, 0.25) is 0 Å². The maximum atomic E-state index is 13.0. The molecule has 154 valence electrons. The van der Waals surface area contributed by atoms with Crippen LogP contribution in [-0.4, -0.2) is 34.5 Å². The minimum Gasteiger partial charge on any atom is -0.444 e. The number of halogens is 3. The number of rotatable bonds is 2. The molecule has 2 bridgehead atoms. The molecule has 1 aromatic rings. The first-order valence-electron chi connectivity index (χ1n) is 9.60. The van der Waals surface area contributed by atoms with Gasteiger partial charge in [0.2, 0.25) is 0 Å². The molecular formula is C21H26F3NO3. The van der Waals surface area contributed by atoms with Crippen molar-refractivity contribution < 1.29 is 27.5 Å². The van der Waals surface area contributed by atoms with E-state index in [0.29, 0.717) is 24.0 Å². The van der Waals surface area contributed by atoms with Gasteiger partial charge in [-0.15, -0.1) is 0 Å². The molecule has 2 unspecified atom stereocenters. The molecule has 0 saturated carbocycles. The second-order valence-electron chi connectivity index (χ2n) is 8.83. The van der Waals surface area contributed by atoms with E-state index in [4.69, 9.17) is 4.74 Å². The van der Waals surface area contributed by atoms with Crippen LogP contribution in [0.4, 0.5) is 18.0 Å². The Labute approximate surface area is 163 Å². The maximum absolute atomic E-state index is 13.0. The number of ketones is 1. The first-order chi connectivity index (χ1) is 12.9. The SMILES string of the molecule is Cc1cc(C(F)(F)F)ccc1C(=O)C1CC2CCC(C1)N2C(=O)OC(C)(C)C. The zero-order chi connectivity index (χ0) is 20.9. The summed E-state index contributed by atoms with van der Waals surface area (Å²) < 4.78 is 44.1. The number of hydrogen-bond acceptors (Lipinski definition) is 3. The lowest BCUT2D eigenvalue weighted by molar-refractivity contribution is -0.137. The highest BCUT2D eigenvalue weighted by Gasteiger charge is 2.46. The Kier molecular flexibility index (Phi) is 5.23. The normalized spacial score (nSPS) is 25.0. The number of carbonyl (C=O) groups excluding carboxylic acids is 2. The molecular weight excluding hydrogens is 371 g/mol. The molecule has 0 aliphatic carbocycles. The first kappa shape index (κ1) is 20.7. The van der Waals surface area contributed by atoms with Crippen molar-refractivity contribution in [2.24, 2.45) is 5.92 Å². The number of carbonyl (C=O) groups is 2. The standard InChI is InChI=1S/C21H26F3NO3/c1-12-9-14(21(22,23)24)5-8-17(12)18(26)13-10-15-6-7-16(11-13)25(15)19(27)28-20(2,3)4/h5,8-9,13,15-16H,6-7,10-11H2,1-4H3. The fraction of sp³-hybridized carbons (Fsp3) is 0.619. The number of benzene rings is 1. The van der Waals surface area contributed by atoms with Gasteiger partial charge in [-0.05, 0) is 71.1 Å². The Morgan fingerprint density at radius 3 is 2.11 bits per heavy atom. The van der Waals surface area contributed by atoms with Gasteiger partial charge in [0.15, 0.2) is 5.78 Å². The largest absolute Gasteiger partial charge is 0.444 e. The van der Waals surface area contributed by atoms with Crippen molar-refractivity contribution in [1.82, 2.24) is 4.90 Å². The minimum absolute atomic E-state index is 0.0581. The van der Waals surface area contributed by atoms with E-state index < -0.39 is 17.3 Å². The van der Waals surface area contributed by atoms with Gasteiger partial charge >= 0.3 is 12.3 Å². The molecule has 1 amide bonds. The van der Waals surface area contributed by atoms with Gasteiger partial charge in [0, 0.05) is 23.6 Å². The van der Waals surface area contributed by atoms with Gasteiger partial charge in [0.05, 0.1) is 5.56 Å². The van der Waals surface area contributed by atoms with E-state index in [1.807, 2.05) is 20.8 Å². The summed E-state index contributed by atoms with van der Waals surface area (Å²) in [5, 5.41) is 0. The number of alkyl halides is 3. The Bertz CT molecular complexity index is 768. The van der Waals surface area contributed by atoms with Gasteiger partial charge in [0.25, 0.3) is 0 Å². The number of fused-ring (bicyclic) bond motifs is 2. The molecule has 2 fully saturated rings. The lowest BCUT2D eigenvalue weighted by Gasteiger charge is -2.39. The number of nitrogens with zero attached hydrogens (tertiary/aromatic N) is 1. The fourth-order valence-electron chi connectivity index (χ4n) is 4.34. The summed E-state index contributed by atoms with van der Waals surface area (Å²) in [5.74, 6) is -0.418. The van der Waals surface area contributed by atoms with Gasteiger partial charge in [-0.2, -0.15) is 13.2 Å². The van der Waals surface area contributed by atoms with Gasteiger partial charge in [-0.3, -0.25) is 4.79 Å². The zero-order valence-electron chi connectivity index (χ0n) is 16.6. The Morgan fingerprint density at radius 1 is 1.07 bits per heavy atom. The van der Waals surface area contributed by atoms with Gasteiger partial charge < -0.3 is 9.64 Å². The van der Waals surface area contributed by atoms with Crippen LogP contribution >= 0.6 is 0 Å². The average molecular weight is 397 g/mol. The Morgan fingerprint density at radius 2 is 1.64 bits per heavy atom. The molecule has 7 heteroatoms. The number of piperidine rings is 1. The highest BCUT2D eigenvalue weighted by Crippen LogP contribution is 2.41. The molecule has 0 aromatic heterocycles. The molecule has 2 saturated heterocycles. The van der Waals surface area contributed by atoms with E-state index in [1.54, 1.807) is 4.90 Å². The van der Waals surface area contributed by atoms with Crippen LogP contribution < -0.4 is 0 Å². The summed E-state index contributed by atoms with van der Waals surface area (Å²) in [6, 6.07) is 3.15. The van der Waals surface area contributed by atoms with Crippen LogP contribution in [0.5, 0.6) is 0 Å². The predicted octanol–water partition coefficient (Wildman–Crippen LogP) is 5.37. The molecule has 2 atom stereocenters. The summed E-state index contributed by atoms with van der Waals surface area (Å²) in [7, 11) is 0. The third kappa shape index (κ3) is 4.18. The lowest BCUT2D eigenvalue weighted by atomic mass is 9.83. The van der Waals surface area contributed by atoms with Crippen LogP contribution in [0.3, 0.4) is 0 Å². The van der Waals surface area contributed by atoms with Gasteiger partial charge in [-0.25, -0.2) is 4.79 Å². The quantitative estimate of drug-likeness (QED) is 0.630. The van der Waals surface area contributed by atoms with Crippen molar-refractivity contribution in [3.63, 3.8) is 0 Å². The van der Waals surface area contributed by atoms with E-state index in [9.17, 15) is 22.8 Å². The maximum Gasteiger partial charge on any atom is 0.416 e. The van der Waals surface area contributed by atoms with E-state index in [2.05, 4.69) is 0 Å². The zero-order valence-corrected chi connectivity index (χ0v) is 16.6. The predicted molar refractivity (Wildman–Crippen MR) is 98.1 cm³/mol. The molecule has 28 heavy (non-hydrogen) atoms. The number of ether oxygens (including phenoxy) is 1. The molecule has 3 rings (SSSR count). The molecule has 2 aliphatic heterocycles. The topological polar surface area (TPSA) is 46.6 Å². The molecule has 0 N–H and O–H groups in total. The fourth-order valence-corrected chi connectivity index (χ4v) is 4.34. The highest BCUT2D eigenvalue weighted by molar-refractivity contribution is 5.99. The second-order valence-corrected chi connectivity index (χ2v) is 8.83. The summed E-state index contributed by atoms with van der Waals surface area (Å²) >= 11 is 0. The molecule has 0 spiro atoms. The number of Topliss-reactive ketones (excluding diaryl/α,β-unsaturated/α-hetero) is 1. The van der Waals surface area contributed by atoms with Crippen molar-refractivity contribution in [3.05, 3.63) is 34.9 Å². The van der Waals surface area contributed by atoms with E-state index in [0.717, 1.165) is 25.0 Å². The van der Waals surface area contributed by atoms with E-state index in [1.165, 1.54) is 13.0 Å². The minimum atomic E-state index is -4.43. The van der Waals surface area contributed by atoms with Crippen LogP contribution in [-0.2, 0) is 10.9 Å². The second kappa shape index (κ2) is 7.08. The summed E-state index contributed by atoms with van der Waals surface area (Å²) in [5.41, 5.74) is -0.660. The monoisotopic (exact) mass is 397 g/mol. The summed E-state index contributed by atoms with van der Waals surface area (Å²) in [4.78, 5) is 27.3. The summed E-state index contributed by atoms with van der Waals surface area (Å²) in [6.45, 7) is 6.98. The molecule has 2 aliphatic rings. The number of amides is 1. The molecule has 1 aromatic carbocycles. The highest BCUT2D eigenvalue weighted by atomic mass is 19.4. The average Bonchev–Trinajstić information content (AvgIpc) is 2.82. The molecule has 2 heterocycles. The van der Waals surface area contributed by atoms with E-state index >= 15 is 0 Å². The molecule has 0 radical (unpaired) electrons. The first-order valence-corrected chi connectivity index (χ1v) is 9.60. The summed E-state index contributed by atoms with van der Waals surface area (Å²) in [6.07, 6.45) is -2.09. The van der Waals surface area contributed by atoms with Gasteiger partial charge in [0.1, 0.15) is 5.60 Å². The van der Waals surface area contributed by atoms with Crippen LogP contribution in [0, 0.1) is 12.8 Å². The lowest BCUT2D eigenvalue weighted by Crippen LogP contribution is -2.49. The van der Waals surface area contributed by atoms with Crippen molar-refractivity contribution in [1.29, 1.82) is 0 Å². The smallest absolute Gasteiger partial charge is 0.416 e. The van der Waals surface area contributed by atoms with Crippen LogP contribution in [0.15, 0.2) is 18.2 Å². The third-order valence-corrected chi connectivity index (χ3v) is 5.53.